The van der Waals surface area contributed by atoms with Gasteiger partial charge in [0.15, 0.2) is 0 Å². The van der Waals surface area contributed by atoms with Crippen molar-refractivity contribution >= 4 is 23.1 Å². The largest absolute Gasteiger partial charge is 0.378 e. The highest BCUT2D eigenvalue weighted by atomic mass is 16.1. The van der Waals surface area contributed by atoms with Gasteiger partial charge in [-0.3, -0.25) is 9.78 Å². The van der Waals surface area contributed by atoms with E-state index in [9.17, 15) is 4.79 Å². The van der Waals surface area contributed by atoms with Crippen LogP contribution in [-0.4, -0.2) is 35.0 Å². The van der Waals surface area contributed by atoms with E-state index in [2.05, 4.69) is 25.6 Å². The Morgan fingerprint density at radius 2 is 1.73 bits per heavy atom. The molecule has 1 aromatic carbocycles. The maximum atomic E-state index is 12.3. The average molecular weight is 348 g/mol. The third kappa shape index (κ3) is 4.54. The van der Waals surface area contributed by atoms with Gasteiger partial charge >= 0.3 is 0 Å². The summed E-state index contributed by atoms with van der Waals surface area (Å²) in [4.78, 5) is 26.7. The normalized spacial score (nSPS) is 10.2. The van der Waals surface area contributed by atoms with E-state index in [1.54, 1.807) is 18.6 Å². The van der Waals surface area contributed by atoms with Crippen molar-refractivity contribution < 1.29 is 4.79 Å². The number of nitrogens with zero attached hydrogens (tertiary/aromatic N) is 4. The number of carbonyl (C=O) groups is 1. The highest BCUT2D eigenvalue weighted by molar-refractivity contribution is 6.02. The Morgan fingerprint density at radius 3 is 2.35 bits per heavy atom. The number of nitrogens with one attached hydrogen (secondary N) is 2. The average Bonchev–Trinajstić information content (AvgIpc) is 2.68. The van der Waals surface area contributed by atoms with Crippen LogP contribution in [0.2, 0.25) is 0 Å². The molecule has 2 aromatic heterocycles. The number of hydrogen-bond acceptors (Lipinski definition) is 6. The lowest BCUT2D eigenvalue weighted by atomic mass is 10.2. The van der Waals surface area contributed by atoms with Crippen LogP contribution >= 0.6 is 0 Å². The topological polar surface area (TPSA) is 83.0 Å². The Hall–Kier alpha value is -3.48. The van der Waals surface area contributed by atoms with Crippen LogP contribution in [0.25, 0.3) is 0 Å². The van der Waals surface area contributed by atoms with Crippen molar-refractivity contribution in [1.82, 2.24) is 15.0 Å². The minimum atomic E-state index is -0.296. The molecule has 1 amide bonds. The van der Waals surface area contributed by atoms with Gasteiger partial charge in [-0.25, -0.2) is 9.97 Å². The van der Waals surface area contributed by atoms with E-state index in [-0.39, 0.29) is 11.6 Å². The molecule has 0 aliphatic carbocycles. The summed E-state index contributed by atoms with van der Waals surface area (Å²) in [6, 6.07) is 11.4. The standard InChI is InChI=1S/C19H20N6O/c1-25(2)16-5-3-15(4-6-16)24-19(26)17-12-23-18(13-21-17)22-11-14-7-9-20-10-8-14/h3-10,12-13H,11H2,1-2H3,(H,22,23)(H,24,26). The molecule has 2 heterocycles. The Labute approximate surface area is 152 Å². The zero-order chi connectivity index (χ0) is 18.4. The first-order chi connectivity index (χ1) is 12.6. The molecule has 3 aromatic rings. The molecule has 0 atom stereocenters. The Balaban J connectivity index is 1.58. The van der Waals surface area contributed by atoms with Gasteiger partial charge in [0.05, 0.1) is 12.4 Å². The number of anilines is 3. The number of hydrogen-bond donors (Lipinski definition) is 2. The lowest BCUT2D eigenvalue weighted by Gasteiger charge is -2.13. The summed E-state index contributed by atoms with van der Waals surface area (Å²) >= 11 is 0. The summed E-state index contributed by atoms with van der Waals surface area (Å²) in [6.07, 6.45) is 6.48. The SMILES string of the molecule is CN(C)c1ccc(NC(=O)c2cnc(NCc3ccncc3)cn2)cc1. The number of amides is 1. The van der Waals surface area contributed by atoms with Crippen LogP contribution in [0.3, 0.4) is 0 Å². The fourth-order valence-electron chi connectivity index (χ4n) is 2.27. The van der Waals surface area contributed by atoms with Gasteiger partial charge in [-0.2, -0.15) is 0 Å². The first kappa shape index (κ1) is 17.3. The molecule has 2 N–H and O–H groups in total. The predicted molar refractivity (Wildman–Crippen MR) is 102 cm³/mol. The summed E-state index contributed by atoms with van der Waals surface area (Å²) in [5, 5.41) is 5.97. The smallest absolute Gasteiger partial charge is 0.275 e. The van der Waals surface area contributed by atoms with E-state index >= 15 is 0 Å². The van der Waals surface area contributed by atoms with Crippen LogP contribution in [0.15, 0.2) is 61.2 Å². The predicted octanol–water partition coefficient (Wildman–Crippen LogP) is 2.80. The second kappa shape index (κ2) is 8.06. The van der Waals surface area contributed by atoms with Crippen LogP contribution in [0.5, 0.6) is 0 Å². The first-order valence-electron chi connectivity index (χ1n) is 8.15. The van der Waals surface area contributed by atoms with Crippen LogP contribution in [0.4, 0.5) is 17.2 Å². The molecule has 0 aliphatic heterocycles. The van der Waals surface area contributed by atoms with Crippen LogP contribution in [0, 0.1) is 0 Å². The zero-order valence-electron chi connectivity index (χ0n) is 14.7. The van der Waals surface area contributed by atoms with Gasteiger partial charge in [-0.15, -0.1) is 0 Å². The second-order valence-corrected chi connectivity index (χ2v) is 5.89. The number of benzene rings is 1. The van der Waals surface area contributed by atoms with Gasteiger partial charge in [-0.1, -0.05) is 0 Å². The number of pyridine rings is 1. The lowest BCUT2D eigenvalue weighted by molar-refractivity contribution is 0.102. The number of carbonyl (C=O) groups excluding carboxylic acids is 1. The highest BCUT2D eigenvalue weighted by Gasteiger charge is 2.09. The van der Waals surface area contributed by atoms with Gasteiger partial charge in [-0.05, 0) is 42.0 Å². The van der Waals surface area contributed by atoms with E-state index in [0.717, 1.165) is 11.3 Å². The van der Waals surface area contributed by atoms with E-state index in [1.165, 1.54) is 6.20 Å². The molecule has 7 heteroatoms. The molecule has 0 saturated carbocycles. The maximum Gasteiger partial charge on any atom is 0.275 e. The summed E-state index contributed by atoms with van der Waals surface area (Å²) in [6.45, 7) is 0.612. The third-order valence-corrected chi connectivity index (χ3v) is 3.75. The minimum absolute atomic E-state index is 0.260. The molecular weight excluding hydrogens is 328 g/mol. The molecule has 3 rings (SSSR count). The molecule has 7 nitrogen and oxygen atoms in total. The summed E-state index contributed by atoms with van der Waals surface area (Å²) in [5.41, 5.74) is 3.12. The molecule has 0 aliphatic rings. The quantitative estimate of drug-likeness (QED) is 0.713. The van der Waals surface area contributed by atoms with Crippen molar-refractivity contribution in [3.8, 4) is 0 Å². The summed E-state index contributed by atoms with van der Waals surface area (Å²) in [7, 11) is 3.93. The first-order valence-corrected chi connectivity index (χ1v) is 8.15. The number of rotatable bonds is 6. The molecule has 0 radical (unpaired) electrons. The fraction of sp³-hybridized carbons (Fsp3) is 0.158. The second-order valence-electron chi connectivity index (χ2n) is 5.89. The van der Waals surface area contributed by atoms with Crippen molar-refractivity contribution in [3.63, 3.8) is 0 Å². The Kier molecular flexibility index (Phi) is 5.38. The summed E-state index contributed by atoms with van der Waals surface area (Å²) < 4.78 is 0. The summed E-state index contributed by atoms with van der Waals surface area (Å²) in [5.74, 6) is 0.310. The lowest BCUT2D eigenvalue weighted by Crippen LogP contribution is -2.15. The van der Waals surface area contributed by atoms with Crippen molar-refractivity contribution in [2.24, 2.45) is 0 Å². The van der Waals surface area contributed by atoms with E-state index in [0.29, 0.717) is 18.1 Å². The van der Waals surface area contributed by atoms with Crippen LogP contribution < -0.4 is 15.5 Å². The zero-order valence-corrected chi connectivity index (χ0v) is 14.7. The monoisotopic (exact) mass is 348 g/mol. The molecule has 0 unspecified atom stereocenters. The van der Waals surface area contributed by atoms with Crippen molar-refractivity contribution in [2.45, 2.75) is 6.54 Å². The van der Waals surface area contributed by atoms with Gasteiger partial charge in [0.25, 0.3) is 5.91 Å². The Morgan fingerprint density at radius 1 is 1.00 bits per heavy atom. The fourth-order valence-corrected chi connectivity index (χ4v) is 2.27. The third-order valence-electron chi connectivity index (χ3n) is 3.75. The number of aromatic nitrogens is 3. The molecule has 0 saturated heterocycles. The van der Waals surface area contributed by atoms with Gasteiger partial charge in [0.2, 0.25) is 0 Å². The van der Waals surface area contributed by atoms with Gasteiger partial charge in [0.1, 0.15) is 11.5 Å². The van der Waals surface area contributed by atoms with E-state index in [4.69, 9.17) is 0 Å². The molecule has 0 fully saturated rings. The van der Waals surface area contributed by atoms with Crippen molar-refractivity contribution in [2.75, 3.05) is 29.6 Å². The van der Waals surface area contributed by atoms with Crippen LogP contribution in [0.1, 0.15) is 16.1 Å². The highest BCUT2D eigenvalue weighted by Crippen LogP contribution is 2.16. The Bertz CT molecular complexity index is 847. The van der Waals surface area contributed by atoms with E-state index in [1.807, 2.05) is 55.4 Å². The van der Waals surface area contributed by atoms with Crippen molar-refractivity contribution in [3.05, 3.63) is 72.4 Å². The molecule has 0 spiro atoms. The van der Waals surface area contributed by atoms with Crippen molar-refractivity contribution in [1.29, 1.82) is 0 Å². The van der Waals surface area contributed by atoms with Gasteiger partial charge in [0, 0.05) is 44.4 Å². The molecular formula is C19H20N6O. The van der Waals surface area contributed by atoms with E-state index < -0.39 is 0 Å². The molecule has 26 heavy (non-hydrogen) atoms. The minimum Gasteiger partial charge on any atom is -0.378 e. The molecule has 132 valence electrons. The van der Waals surface area contributed by atoms with Gasteiger partial charge < -0.3 is 15.5 Å². The maximum absolute atomic E-state index is 12.3. The van der Waals surface area contributed by atoms with Crippen LogP contribution in [-0.2, 0) is 6.54 Å². The molecule has 0 bridgehead atoms.